The number of aromatic carboxylic acids is 1. The van der Waals surface area contributed by atoms with Crippen molar-refractivity contribution in [1.29, 1.82) is 0 Å². The molecule has 0 amide bonds. The second-order valence-corrected chi connectivity index (χ2v) is 10.1. The Hall–Kier alpha value is -3.11. The highest BCUT2D eigenvalue weighted by Gasteiger charge is 2.53. The van der Waals surface area contributed by atoms with Crippen LogP contribution in [0.25, 0.3) is 0 Å². The summed E-state index contributed by atoms with van der Waals surface area (Å²) in [7, 11) is 0. The highest BCUT2D eigenvalue weighted by Crippen LogP contribution is 2.36. The Labute approximate surface area is 228 Å². The lowest BCUT2D eigenvalue weighted by Crippen LogP contribution is -2.43. The maximum Gasteiger partial charge on any atom is 0.336 e. The van der Waals surface area contributed by atoms with Crippen LogP contribution in [0.15, 0.2) is 84.9 Å². The van der Waals surface area contributed by atoms with Crippen LogP contribution in [0, 0.1) is 0 Å². The van der Waals surface area contributed by atoms with Crippen LogP contribution in [-0.2, 0) is 48.2 Å². The molecule has 3 aromatic carbocycles. The molecule has 5 rings (SSSR count). The van der Waals surface area contributed by atoms with Gasteiger partial charge in [-0.15, -0.1) is 0 Å². The minimum absolute atomic E-state index is 0.0317. The fourth-order valence-corrected chi connectivity index (χ4v) is 4.89. The van der Waals surface area contributed by atoms with Gasteiger partial charge in [0.1, 0.15) is 24.4 Å². The van der Waals surface area contributed by atoms with E-state index in [1.165, 1.54) is 0 Å². The lowest BCUT2D eigenvalue weighted by Gasteiger charge is -2.27. The third-order valence-electron chi connectivity index (χ3n) is 6.83. The minimum Gasteiger partial charge on any atom is -0.478 e. The first-order valence-corrected chi connectivity index (χ1v) is 13.1. The number of carboxylic acid groups (broad SMARTS) is 1. The zero-order valence-electron chi connectivity index (χ0n) is 22.1. The lowest BCUT2D eigenvalue weighted by atomic mass is 10.1. The molecule has 5 atom stereocenters. The molecule has 1 N–H and O–H groups in total. The van der Waals surface area contributed by atoms with E-state index in [1.807, 2.05) is 74.5 Å². The average Bonchev–Trinajstić information content (AvgIpc) is 3.49. The number of carbonyl (C=O) groups is 1. The van der Waals surface area contributed by atoms with E-state index in [-0.39, 0.29) is 12.2 Å². The van der Waals surface area contributed by atoms with E-state index < -0.39 is 42.5 Å². The highest BCUT2D eigenvalue weighted by atomic mass is 16.8. The zero-order chi connectivity index (χ0) is 27.2. The molecular weight excluding hydrogens is 500 g/mol. The van der Waals surface area contributed by atoms with Crippen LogP contribution in [0.4, 0.5) is 0 Å². The lowest BCUT2D eigenvalue weighted by molar-refractivity contribution is -0.203. The SMILES string of the molecule is CC1(C)OC[C@H]([C@@H]2O[C@@H](OCc3ccccc3C(=O)O)[C@H](OCc3ccccc3)[C@H]2OCc2ccccc2)O1. The van der Waals surface area contributed by atoms with E-state index in [0.29, 0.717) is 25.4 Å². The Kier molecular flexibility index (Phi) is 8.72. The van der Waals surface area contributed by atoms with Crippen LogP contribution in [-0.4, -0.2) is 54.2 Å². The Bertz CT molecular complexity index is 1220. The average molecular weight is 535 g/mol. The second kappa shape index (κ2) is 12.4. The summed E-state index contributed by atoms with van der Waals surface area (Å²) >= 11 is 0. The third-order valence-corrected chi connectivity index (χ3v) is 6.83. The van der Waals surface area contributed by atoms with Gasteiger partial charge < -0.3 is 33.5 Å². The van der Waals surface area contributed by atoms with E-state index in [2.05, 4.69) is 0 Å². The van der Waals surface area contributed by atoms with Crippen LogP contribution in [0.5, 0.6) is 0 Å². The van der Waals surface area contributed by atoms with Gasteiger partial charge in [-0.2, -0.15) is 0 Å². The largest absolute Gasteiger partial charge is 0.478 e. The first kappa shape index (κ1) is 27.5. The molecule has 2 saturated heterocycles. The number of benzene rings is 3. The second-order valence-electron chi connectivity index (χ2n) is 10.1. The number of hydrogen-bond donors (Lipinski definition) is 1. The van der Waals surface area contributed by atoms with Crippen molar-refractivity contribution in [3.05, 3.63) is 107 Å². The van der Waals surface area contributed by atoms with Crippen molar-refractivity contribution >= 4 is 5.97 Å². The van der Waals surface area contributed by atoms with Crippen LogP contribution in [0.1, 0.15) is 40.9 Å². The summed E-state index contributed by atoms with van der Waals surface area (Å²) in [4.78, 5) is 11.7. The molecule has 2 heterocycles. The Balaban J connectivity index is 1.40. The normalized spacial score (nSPS) is 26.1. The van der Waals surface area contributed by atoms with Crippen molar-refractivity contribution in [3.63, 3.8) is 0 Å². The van der Waals surface area contributed by atoms with Crippen molar-refractivity contribution in [3.8, 4) is 0 Å². The fourth-order valence-electron chi connectivity index (χ4n) is 4.89. The molecule has 0 spiro atoms. The summed E-state index contributed by atoms with van der Waals surface area (Å²) in [5.41, 5.74) is 2.74. The zero-order valence-corrected chi connectivity index (χ0v) is 22.1. The summed E-state index contributed by atoms with van der Waals surface area (Å²) in [5.74, 6) is -1.77. The van der Waals surface area contributed by atoms with Crippen LogP contribution < -0.4 is 0 Å². The molecule has 0 bridgehead atoms. The van der Waals surface area contributed by atoms with Gasteiger partial charge in [-0.1, -0.05) is 78.9 Å². The van der Waals surface area contributed by atoms with Gasteiger partial charge in [0.15, 0.2) is 12.1 Å². The molecule has 2 aliphatic rings. The van der Waals surface area contributed by atoms with E-state index in [0.717, 1.165) is 11.1 Å². The van der Waals surface area contributed by atoms with E-state index in [9.17, 15) is 9.90 Å². The summed E-state index contributed by atoms with van der Waals surface area (Å²) in [6, 6.07) is 26.5. The number of rotatable bonds is 11. The molecule has 0 unspecified atom stereocenters. The van der Waals surface area contributed by atoms with Gasteiger partial charge in [0.05, 0.1) is 32.0 Å². The monoisotopic (exact) mass is 534 g/mol. The van der Waals surface area contributed by atoms with Gasteiger partial charge in [-0.25, -0.2) is 4.79 Å². The first-order valence-electron chi connectivity index (χ1n) is 13.1. The van der Waals surface area contributed by atoms with Crippen LogP contribution in [0.2, 0.25) is 0 Å². The Morgan fingerprint density at radius 1 is 0.821 bits per heavy atom. The first-order chi connectivity index (χ1) is 18.9. The van der Waals surface area contributed by atoms with Gasteiger partial charge in [-0.05, 0) is 36.6 Å². The molecule has 206 valence electrons. The number of ether oxygens (including phenoxy) is 6. The summed E-state index contributed by atoms with van der Waals surface area (Å²) < 4.78 is 37.6. The molecule has 0 radical (unpaired) electrons. The molecule has 0 aliphatic carbocycles. The van der Waals surface area contributed by atoms with E-state index >= 15 is 0 Å². The van der Waals surface area contributed by atoms with Crippen molar-refractivity contribution in [2.75, 3.05) is 6.61 Å². The third kappa shape index (κ3) is 6.91. The Morgan fingerprint density at radius 3 is 2.00 bits per heavy atom. The number of hydrogen-bond acceptors (Lipinski definition) is 7. The molecule has 8 nitrogen and oxygen atoms in total. The van der Waals surface area contributed by atoms with Crippen molar-refractivity contribution < 1.29 is 38.3 Å². The summed E-state index contributed by atoms with van der Waals surface area (Å²) in [6.07, 6.45) is -2.90. The molecule has 2 fully saturated rings. The molecule has 3 aromatic rings. The quantitative estimate of drug-likeness (QED) is 0.370. The molecular formula is C31H34O8. The smallest absolute Gasteiger partial charge is 0.336 e. The van der Waals surface area contributed by atoms with Gasteiger partial charge >= 0.3 is 5.97 Å². The standard InChI is InChI=1S/C31H34O8/c1-31(2)37-20-25(39-31)26-27(34-17-21-11-5-3-6-12-21)28(35-18-22-13-7-4-8-14-22)30(38-26)36-19-23-15-9-10-16-24(23)29(32)33/h3-16,25-28,30H,17-20H2,1-2H3,(H,32,33)/t25-,26+,27+,28-,30-/m1/s1. The Morgan fingerprint density at radius 2 is 1.41 bits per heavy atom. The predicted octanol–water partition coefficient (Wildman–Crippen LogP) is 4.95. The van der Waals surface area contributed by atoms with Gasteiger partial charge in [0.2, 0.25) is 0 Å². The van der Waals surface area contributed by atoms with Crippen molar-refractivity contribution in [2.45, 2.75) is 70.2 Å². The van der Waals surface area contributed by atoms with E-state index in [4.69, 9.17) is 28.4 Å². The predicted molar refractivity (Wildman–Crippen MR) is 142 cm³/mol. The van der Waals surface area contributed by atoms with Crippen molar-refractivity contribution in [2.24, 2.45) is 0 Å². The molecule has 8 heteroatoms. The topological polar surface area (TPSA) is 92.7 Å². The maximum absolute atomic E-state index is 11.7. The van der Waals surface area contributed by atoms with E-state index in [1.54, 1.807) is 24.3 Å². The van der Waals surface area contributed by atoms with Crippen LogP contribution >= 0.6 is 0 Å². The van der Waals surface area contributed by atoms with Gasteiger partial charge in [0, 0.05) is 0 Å². The minimum atomic E-state index is -1.01. The molecule has 2 aliphatic heterocycles. The maximum atomic E-state index is 11.7. The molecule has 0 aromatic heterocycles. The molecule has 39 heavy (non-hydrogen) atoms. The number of carboxylic acids is 1. The molecule has 0 saturated carbocycles. The summed E-state index contributed by atoms with van der Waals surface area (Å²) in [6.45, 7) is 4.77. The van der Waals surface area contributed by atoms with Crippen molar-refractivity contribution in [1.82, 2.24) is 0 Å². The highest BCUT2D eigenvalue weighted by molar-refractivity contribution is 5.89. The van der Waals surface area contributed by atoms with Gasteiger partial charge in [0.25, 0.3) is 0 Å². The summed E-state index contributed by atoms with van der Waals surface area (Å²) in [5, 5.41) is 9.61. The van der Waals surface area contributed by atoms with Gasteiger partial charge in [-0.3, -0.25) is 0 Å². The van der Waals surface area contributed by atoms with Crippen LogP contribution in [0.3, 0.4) is 0 Å². The fraction of sp³-hybridized carbons (Fsp3) is 0.387.